The number of carbonyl (C=O) groups excluding carboxylic acids is 1. The van der Waals surface area contributed by atoms with E-state index in [9.17, 15) is 13.2 Å². The first kappa shape index (κ1) is 23.4. The zero-order valence-electron chi connectivity index (χ0n) is 19.5. The predicted molar refractivity (Wildman–Crippen MR) is 138 cm³/mol. The average molecular weight is 498 g/mol. The zero-order valence-corrected chi connectivity index (χ0v) is 20.3. The lowest BCUT2D eigenvalue weighted by Crippen LogP contribution is -2.25. The van der Waals surface area contributed by atoms with Crippen LogP contribution in [-0.4, -0.2) is 21.3 Å². The molecule has 0 aromatic heterocycles. The lowest BCUT2D eigenvalue weighted by atomic mass is 10.1. The van der Waals surface area contributed by atoms with Crippen molar-refractivity contribution >= 4 is 27.0 Å². The van der Waals surface area contributed by atoms with Gasteiger partial charge < -0.3 is 14.4 Å². The molecule has 0 saturated carbocycles. The summed E-state index contributed by atoms with van der Waals surface area (Å²) in [5, 5.41) is 0. The van der Waals surface area contributed by atoms with Crippen LogP contribution in [0.5, 0.6) is 11.5 Å². The molecule has 0 N–H and O–H groups in total. The fourth-order valence-electron chi connectivity index (χ4n) is 3.98. The maximum atomic E-state index is 13.4. The third-order valence-electron chi connectivity index (χ3n) is 5.89. The monoisotopic (exact) mass is 497 g/mol. The van der Waals surface area contributed by atoms with Crippen molar-refractivity contribution in [1.29, 1.82) is 0 Å². The van der Waals surface area contributed by atoms with Crippen molar-refractivity contribution in [1.82, 2.24) is 0 Å². The standard InChI is InChI=1S/C29H23NO5S/c1-34-24-15-11-22(12-16-24)29(31)28-19-30(26-9-5-6-10-27(26)36(28,32)33)23-13-17-25(18-14-23)35-20-21-7-3-2-4-8-21/h2-19H,20H2,1H3. The molecule has 1 heterocycles. The number of ether oxygens (including phenoxy) is 2. The molecule has 0 unspecified atom stereocenters. The number of sulfone groups is 1. The molecule has 4 aromatic rings. The third-order valence-corrected chi connectivity index (χ3v) is 7.68. The van der Waals surface area contributed by atoms with E-state index in [1.165, 1.54) is 19.4 Å². The number of ketones is 1. The Labute approximate surface area is 210 Å². The molecular formula is C29H23NO5S. The highest BCUT2D eigenvalue weighted by Gasteiger charge is 2.36. The van der Waals surface area contributed by atoms with Crippen molar-refractivity contribution in [3.05, 3.63) is 125 Å². The van der Waals surface area contributed by atoms with Gasteiger partial charge in [0, 0.05) is 17.5 Å². The van der Waals surface area contributed by atoms with Gasteiger partial charge in [0.15, 0.2) is 0 Å². The van der Waals surface area contributed by atoms with Crippen LogP contribution in [0.25, 0.3) is 0 Å². The zero-order chi connectivity index (χ0) is 25.1. The molecule has 0 atom stereocenters. The summed E-state index contributed by atoms with van der Waals surface area (Å²) in [7, 11) is -2.49. The Morgan fingerprint density at radius 2 is 1.42 bits per heavy atom. The molecule has 7 heteroatoms. The number of hydrogen-bond acceptors (Lipinski definition) is 6. The maximum Gasteiger partial charge on any atom is 0.214 e. The molecule has 0 radical (unpaired) electrons. The Balaban J connectivity index is 1.49. The van der Waals surface area contributed by atoms with Crippen LogP contribution in [0.3, 0.4) is 0 Å². The minimum atomic E-state index is -4.02. The fraction of sp³-hybridized carbons (Fsp3) is 0.0690. The van der Waals surface area contributed by atoms with Gasteiger partial charge >= 0.3 is 0 Å². The molecule has 0 bridgehead atoms. The Morgan fingerprint density at radius 1 is 0.778 bits per heavy atom. The number of allylic oxidation sites excluding steroid dienone is 1. The van der Waals surface area contributed by atoms with E-state index in [1.54, 1.807) is 47.4 Å². The molecule has 0 spiro atoms. The van der Waals surface area contributed by atoms with Crippen LogP contribution < -0.4 is 14.4 Å². The molecule has 36 heavy (non-hydrogen) atoms. The van der Waals surface area contributed by atoms with Gasteiger partial charge in [0.25, 0.3) is 0 Å². The van der Waals surface area contributed by atoms with Gasteiger partial charge in [-0.15, -0.1) is 0 Å². The van der Waals surface area contributed by atoms with Gasteiger partial charge in [-0.05, 0) is 66.2 Å². The van der Waals surface area contributed by atoms with E-state index in [4.69, 9.17) is 9.47 Å². The molecule has 0 amide bonds. The molecule has 5 rings (SSSR count). The maximum absolute atomic E-state index is 13.4. The number of benzene rings is 4. The number of carbonyl (C=O) groups is 1. The summed E-state index contributed by atoms with van der Waals surface area (Å²) in [4.78, 5) is 14.8. The number of hydrogen-bond donors (Lipinski definition) is 0. The smallest absolute Gasteiger partial charge is 0.214 e. The van der Waals surface area contributed by atoms with Crippen LogP contribution >= 0.6 is 0 Å². The van der Waals surface area contributed by atoms with Crippen molar-refractivity contribution < 1.29 is 22.7 Å². The molecule has 0 aliphatic carbocycles. The van der Waals surface area contributed by atoms with E-state index in [0.717, 1.165) is 5.56 Å². The lowest BCUT2D eigenvalue weighted by molar-refractivity contribution is 0.104. The van der Waals surface area contributed by atoms with Gasteiger partial charge in [-0.3, -0.25) is 4.79 Å². The van der Waals surface area contributed by atoms with Gasteiger partial charge in [0.05, 0.1) is 17.7 Å². The summed E-state index contributed by atoms with van der Waals surface area (Å²) in [6.07, 6.45) is 1.39. The molecule has 0 fully saturated rings. The average Bonchev–Trinajstić information content (AvgIpc) is 2.93. The number of nitrogens with zero attached hydrogens (tertiary/aromatic N) is 1. The molecule has 4 aromatic carbocycles. The highest BCUT2D eigenvalue weighted by molar-refractivity contribution is 7.96. The highest BCUT2D eigenvalue weighted by Crippen LogP contribution is 2.40. The molecule has 1 aliphatic heterocycles. The van der Waals surface area contributed by atoms with E-state index in [1.807, 2.05) is 54.6 Å². The summed E-state index contributed by atoms with van der Waals surface area (Å²) >= 11 is 0. The minimum absolute atomic E-state index is 0.0776. The van der Waals surface area contributed by atoms with Crippen LogP contribution in [0.1, 0.15) is 15.9 Å². The number of Topliss-reactive ketones (excluding diaryl/α,β-unsaturated/α-hetero) is 1. The SMILES string of the molecule is COc1ccc(C(=O)C2=CN(c3ccc(OCc4ccccc4)cc3)c3ccccc3S2(=O)=O)cc1. The molecule has 0 saturated heterocycles. The van der Waals surface area contributed by atoms with Crippen LogP contribution in [-0.2, 0) is 16.4 Å². The predicted octanol–water partition coefficient (Wildman–Crippen LogP) is 5.92. The summed E-state index contributed by atoms with van der Waals surface area (Å²) in [6, 6.07) is 30.2. The molecule has 6 nitrogen and oxygen atoms in total. The van der Waals surface area contributed by atoms with Crippen molar-refractivity contribution in [3.8, 4) is 11.5 Å². The van der Waals surface area contributed by atoms with E-state index >= 15 is 0 Å². The number of rotatable bonds is 7. The summed E-state index contributed by atoms with van der Waals surface area (Å²) in [6.45, 7) is 0.436. The number of anilines is 2. The van der Waals surface area contributed by atoms with Crippen LogP contribution in [0.15, 0.2) is 119 Å². The summed E-state index contributed by atoms with van der Waals surface area (Å²) in [5.41, 5.74) is 2.49. The normalized spacial score (nSPS) is 13.9. The van der Waals surface area contributed by atoms with Gasteiger partial charge in [-0.2, -0.15) is 0 Å². The summed E-state index contributed by atoms with van der Waals surface area (Å²) in [5.74, 6) is 0.674. The first-order valence-electron chi connectivity index (χ1n) is 11.3. The quantitative estimate of drug-likeness (QED) is 0.295. The van der Waals surface area contributed by atoms with Crippen LogP contribution in [0.4, 0.5) is 11.4 Å². The van der Waals surface area contributed by atoms with E-state index in [-0.39, 0.29) is 15.4 Å². The van der Waals surface area contributed by atoms with E-state index < -0.39 is 15.6 Å². The Kier molecular flexibility index (Phi) is 6.31. The van der Waals surface area contributed by atoms with Crippen molar-refractivity contribution in [2.24, 2.45) is 0 Å². The summed E-state index contributed by atoms with van der Waals surface area (Å²) < 4.78 is 37.9. The van der Waals surface area contributed by atoms with Gasteiger partial charge in [-0.1, -0.05) is 42.5 Å². The highest BCUT2D eigenvalue weighted by atomic mass is 32.2. The number of fused-ring (bicyclic) bond motifs is 1. The second kappa shape index (κ2) is 9.71. The van der Waals surface area contributed by atoms with Gasteiger partial charge in [-0.25, -0.2) is 8.42 Å². The topological polar surface area (TPSA) is 72.9 Å². The fourth-order valence-corrected chi connectivity index (χ4v) is 5.52. The second-order valence-electron chi connectivity index (χ2n) is 8.16. The van der Waals surface area contributed by atoms with Gasteiger partial charge in [0.1, 0.15) is 23.0 Å². The van der Waals surface area contributed by atoms with Crippen LogP contribution in [0, 0.1) is 0 Å². The lowest BCUT2D eigenvalue weighted by Gasteiger charge is -2.29. The first-order valence-corrected chi connectivity index (χ1v) is 12.8. The Bertz CT molecular complexity index is 1530. The van der Waals surface area contributed by atoms with Crippen LogP contribution in [0.2, 0.25) is 0 Å². The van der Waals surface area contributed by atoms with Crippen molar-refractivity contribution in [2.75, 3.05) is 12.0 Å². The Morgan fingerprint density at radius 3 is 2.11 bits per heavy atom. The largest absolute Gasteiger partial charge is 0.497 e. The molecule has 180 valence electrons. The van der Waals surface area contributed by atoms with Crippen molar-refractivity contribution in [2.45, 2.75) is 11.5 Å². The van der Waals surface area contributed by atoms with E-state index in [0.29, 0.717) is 29.5 Å². The van der Waals surface area contributed by atoms with E-state index in [2.05, 4.69) is 0 Å². The second-order valence-corrected chi connectivity index (χ2v) is 10.0. The Hall–Kier alpha value is -4.36. The minimum Gasteiger partial charge on any atom is -0.497 e. The molecule has 1 aliphatic rings. The van der Waals surface area contributed by atoms with Crippen molar-refractivity contribution in [3.63, 3.8) is 0 Å². The molecular weight excluding hydrogens is 474 g/mol. The first-order chi connectivity index (χ1) is 17.5. The number of para-hydroxylation sites is 1. The third kappa shape index (κ3) is 4.48. The van der Waals surface area contributed by atoms with Gasteiger partial charge in [0.2, 0.25) is 15.6 Å². The number of methoxy groups -OCH3 is 1.